The monoisotopic (exact) mass is 648 g/mol. The van der Waals surface area contributed by atoms with Gasteiger partial charge >= 0.3 is 0 Å². The van der Waals surface area contributed by atoms with Crippen LogP contribution in [0.4, 0.5) is 10.5 Å². The van der Waals surface area contributed by atoms with E-state index < -0.39 is 17.1 Å². The summed E-state index contributed by atoms with van der Waals surface area (Å²) in [4.78, 5) is 39.3. The van der Waals surface area contributed by atoms with Crippen LogP contribution in [0.2, 0.25) is 10.0 Å². The molecule has 3 amide bonds. The number of hydrogen-bond acceptors (Lipinski definition) is 6. The van der Waals surface area contributed by atoms with Crippen LogP contribution in [0, 0.1) is 13.8 Å². The van der Waals surface area contributed by atoms with Crippen LogP contribution >= 0.6 is 50.9 Å². The van der Waals surface area contributed by atoms with Crippen molar-refractivity contribution in [1.82, 2.24) is 4.90 Å². The number of ether oxygens (including phenoxy) is 2. The Morgan fingerprint density at radius 3 is 2.62 bits per heavy atom. The SMILES string of the molecule is COc1cc(/C=C2/SC(=O)N(CC(=O)Nc3cccc(C)c3C)C2=O)cc(Br)c1OCc1ccc(Cl)cc1Cl. The molecule has 1 aliphatic rings. The second kappa shape index (κ2) is 12.5. The van der Waals surface area contributed by atoms with E-state index in [0.717, 1.165) is 33.4 Å². The van der Waals surface area contributed by atoms with Crippen LogP contribution in [-0.2, 0) is 16.2 Å². The molecule has 0 bridgehead atoms. The number of imide groups is 1. The Morgan fingerprint density at radius 2 is 1.90 bits per heavy atom. The summed E-state index contributed by atoms with van der Waals surface area (Å²) in [6, 6.07) is 14.1. The molecule has 1 N–H and O–H groups in total. The molecule has 7 nitrogen and oxygen atoms in total. The van der Waals surface area contributed by atoms with Crippen molar-refractivity contribution in [3.05, 3.63) is 90.2 Å². The molecule has 0 spiro atoms. The van der Waals surface area contributed by atoms with Gasteiger partial charge in [-0.25, -0.2) is 0 Å². The maximum absolute atomic E-state index is 13.0. The fourth-order valence-electron chi connectivity index (χ4n) is 3.76. The minimum Gasteiger partial charge on any atom is -0.493 e. The summed E-state index contributed by atoms with van der Waals surface area (Å²) >= 11 is 16.5. The molecule has 0 unspecified atom stereocenters. The van der Waals surface area contributed by atoms with Crippen molar-refractivity contribution in [2.24, 2.45) is 0 Å². The van der Waals surface area contributed by atoms with Gasteiger partial charge in [0.05, 0.1) is 16.5 Å². The van der Waals surface area contributed by atoms with Gasteiger partial charge in [0.15, 0.2) is 11.5 Å². The van der Waals surface area contributed by atoms with Crippen LogP contribution in [0.1, 0.15) is 22.3 Å². The highest BCUT2D eigenvalue weighted by Crippen LogP contribution is 2.40. The number of aryl methyl sites for hydroxylation is 1. The first-order valence-corrected chi connectivity index (χ1v) is 14.0. The number of thioether (sulfide) groups is 1. The normalized spacial score (nSPS) is 14.2. The van der Waals surface area contributed by atoms with Crippen molar-refractivity contribution in [2.45, 2.75) is 20.5 Å². The molecule has 1 heterocycles. The Balaban J connectivity index is 1.48. The van der Waals surface area contributed by atoms with Gasteiger partial charge in [0.2, 0.25) is 5.91 Å². The summed E-state index contributed by atoms with van der Waals surface area (Å²) < 4.78 is 12.0. The summed E-state index contributed by atoms with van der Waals surface area (Å²) in [6.45, 7) is 3.62. The van der Waals surface area contributed by atoms with Crippen LogP contribution in [-0.4, -0.2) is 35.6 Å². The second-order valence-electron chi connectivity index (χ2n) is 8.62. The molecule has 0 saturated carbocycles. The molecule has 3 aromatic carbocycles. The van der Waals surface area contributed by atoms with E-state index in [-0.39, 0.29) is 18.1 Å². The van der Waals surface area contributed by atoms with Crippen LogP contribution in [0.25, 0.3) is 6.08 Å². The van der Waals surface area contributed by atoms with Gasteiger partial charge in [-0.2, -0.15) is 0 Å². The van der Waals surface area contributed by atoms with E-state index >= 15 is 0 Å². The molecule has 4 rings (SSSR count). The molecular weight excluding hydrogens is 627 g/mol. The Labute approximate surface area is 248 Å². The molecule has 0 aliphatic carbocycles. The number of methoxy groups -OCH3 is 1. The van der Waals surface area contributed by atoms with E-state index in [9.17, 15) is 14.4 Å². The number of amides is 3. The molecule has 202 valence electrons. The zero-order valence-corrected chi connectivity index (χ0v) is 25.1. The number of carbonyl (C=O) groups excluding carboxylic acids is 3. The number of nitrogens with zero attached hydrogens (tertiary/aromatic N) is 1. The van der Waals surface area contributed by atoms with Gasteiger partial charge in [-0.1, -0.05) is 41.4 Å². The third kappa shape index (κ3) is 6.78. The first-order chi connectivity index (χ1) is 18.6. The van der Waals surface area contributed by atoms with Crippen LogP contribution in [0.5, 0.6) is 11.5 Å². The van der Waals surface area contributed by atoms with Gasteiger partial charge in [0.25, 0.3) is 11.1 Å². The third-order valence-electron chi connectivity index (χ3n) is 5.99. The van der Waals surface area contributed by atoms with Gasteiger partial charge in [-0.3, -0.25) is 19.3 Å². The standard InChI is InChI=1S/C28H23BrCl2N2O5S/c1-15-5-4-6-22(16(15)2)32-25(34)13-33-27(35)24(39-28(33)36)11-17-9-20(29)26(23(10-17)37-3)38-14-18-7-8-19(30)12-21(18)31/h4-12H,13-14H2,1-3H3,(H,32,34)/b24-11+. The summed E-state index contributed by atoms with van der Waals surface area (Å²) in [6.07, 6.45) is 1.57. The highest BCUT2D eigenvalue weighted by atomic mass is 79.9. The van der Waals surface area contributed by atoms with E-state index in [1.54, 1.807) is 42.5 Å². The largest absolute Gasteiger partial charge is 0.493 e. The summed E-state index contributed by atoms with van der Waals surface area (Å²) in [5.74, 6) is -0.155. The minimum atomic E-state index is -0.547. The van der Waals surface area contributed by atoms with Gasteiger partial charge in [-0.15, -0.1) is 0 Å². The Bertz CT molecular complexity index is 1510. The quantitative estimate of drug-likeness (QED) is 0.253. The lowest BCUT2D eigenvalue weighted by Gasteiger charge is -2.15. The number of hydrogen-bond donors (Lipinski definition) is 1. The summed E-state index contributed by atoms with van der Waals surface area (Å²) in [5, 5.41) is 3.26. The zero-order chi connectivity index (χ0) is 28.3. The number of carbonyl (C=O) groups is 3. The smallest absolute Gasteiger partial charge is 0.294 e. The lowest BCUT2D eigenvalue weighted by Crippen LogP contribution is -2.36. The van der Waals surface area contributed by atoms with E-state index in [1.807, 2.05) is 26.0 Å². The highest BCUT2D eigenvalue weighted by molar-refractivity contribution is 9.10. The summed E-state index contributed by atoms with van der Waals surface area (Å²) in [7, 11) is 1.50. The van der Waals surface area contributed by atoms with Crippen molar-refractivity contribution in [1.29, 1.82) is 0 Å². The number of halogens is 3. The minimum absolute atomic E-state index is 0.174. The molecule has 1 saturated heterocycles. The molecule has 1 aliphatic heterocycles. The lowest BCUT2D eigenvalue weighted by atomic mass is 10.1. The van der Waals surface area contributed by atoms with Crippen molar-refractivity contribution in [2.75, 3.05) is 19.0 Å². The number of rotatable bonds is 8. The summed E-state index contributed by atoms with van der Waals surface area (Å²) in [5.41, 5.74) is 3.92. The van der Waals surface area contributed by atoms with Crippen LogP contribution in [0.15, 0.2) is 57.9 Å². The van der Waals surface area contributed by atoms with Gasteiger partial charge in [-0.05, 0) is 94.6 Å². The van der Waals surface area contributed by atoms with Crippen LogP contribution in [0.3, 0.4) is 0 Å². The first-order valence-electron chi connectivity index (χ1n) is 11.6. The van der Waals surface area contributed by atoms with Crippen molar-refractivity contribution < 1.29 is 23.9 Å². The Hall–Kier alpha value is -2.98. The Morgan fingerprint density at radius 1 is 1.13 bits per heavy atom. The molecule has 3 aromatic rings. The molecule has 11 heteroatoms. The zero-order valence-electron chi connectivity index (χ0n) is 21.1. The average Bonchev–Trinajstić information content (AvgIpc) is 3.14. The van der Waals surface area contributed by atoms with E-state index in [1.165, 1.54) is 7.11 Å². The molecule has 0 radical (unpaired) electrons. The number of nitrogens with one attached hydrogen (secondary N) is 1. The molecule has 0 atom stereocenters. The van der Waals surface area contributed by atoms with Crippen molar-refractivity contribution in [3.8, 4) is 11.5 Å². The van der Waals surface area contributed by atoms with Crippen molar-refractivity contribution >= 4 is 79.7 Å². The Kier molecular flexibility index (Phi) is 9.27. The highest BCUT2D eigenvalue weighted by Gasteiger charge is 2.36. The first kappa shape index (κ1) is 29.0. The van der Waals surface area contributed by atoms with Gasteiger partial charge in [0, 0.05) is 21.3 Å². The van der Waals surface area contributed by atoms with E-state index in [4.69, 9.17) is 32.7 Å². The fourth-order valence-corrected chi connectivity index (χ4v) is 5.63. The van der Waals surface area contributed by atoms with Crippen LogP contribution < -0.4 is 14.8 Å². The molecule has 0 aromatic heterocycles. The maximum Gasteiger partial charge on any atom is 0.294 e. The molecule has 39 heavy (non-hydrogen) atoms. The predicted molar refractivity (Wildman–Crippen MR) is 159 cm³/mol. The second-order valence-corrected chi connectivity index (χ2v) is 11.3. The third-order valence-corrected chi connectivity index (χ3v) is 8.07. The number of benzene rings is 3. The van der Waals surface area contributed by atoms with E-state index in [0.29, 0.717) is 37.3 Å². The van der Waals surface area contributed by atoms with Gasteiger partial charge < -0.3 is 14.8 Å². The average molecular weight is 650 g/mol. The topological polar surface area (TPSA) is 84.9 Å². The molecule has 1 fully saturated rings. The van der Waals surface area contributed by atoms with Crippen molar-refractivity contribution in [3.63, 3.8) is 0 Å². The van der Waals surface area contributed by atoms with E-state index in [2.05, 4.69) is 21.2 Å². The van der Waals surface area contributed by atoms with Gasteiger partial charge in [0.1, 0.15) is 13.2 Å². The lowest BCUT2D eigenvalue weighted by molar-refractivity contribution is -0.127. The maximum atomic E-state index is 13.0. The predicted octanol–water partition coefficient (Wildman–Crippen LogP) is 7.64. The number of anilines is 1. The molecular formula is C28H23BrCl2N2O5S. The fraction of sp³-hybridized carbons (Fsp3) is 0.179.